The highest BCUT2D eigenvalue weighted by Crippen LogP contribution is 2.42. The Labute approximate surface area is 167 Å². The number of carbonyl (C=O) groups is 1. The van der Waals surface area contributed by atoms with Gasteiger partial charge in [0, 0.05) is 23.0 Å². The molecule has 0 saturated heterocycles. The van der Waals surface area contributed by atoms with Gasteiger partial charge in [0.05, 0.1) is 5.70 Å². The topological polar surface area (TPSA) is 33.2 Å². The largest absolute Gasteiger partial charge is 0.276 e. The van der Waals surface area contributed by atoms with Crippen LogP contribution in [0, 0.1) is 0 Å². The number of hydrogen-bond donors (Lipinski definition) is 0. The van der Waals surface area contributed by atoms with Crippen molar-refractivity contribution in [2.24, 2.45) is 0 Å². The zero-order valence-electron chi connectivity index (χ0n) is 15.0. The molecule has 0 fully saturated rings. The lowest BCUT2D eigenvalue weighted by Gasteiger charge is -2.22. The summed E-state index contributed by atoms with van der Waals surface area (Å²) in [5.74, 6) is 0.0190. The number of benzene rings is 2. The zero-order chi connectivity index (χ0) is 18.8. The molecular formula is C23H19BrN2O. The van der Waals surface area contributed by atoms with Gasteiger partial charge in [-0.2, -0.15) is 0 Å². The summed E-state index contributed by atoms with van der Waals surface area (Å²) in [7, 11) is 0. The molecule has 27 heavy (non-hydrogen) atoms. The van der Waals surface area contributed by atoms with E-state index in [4.69, 9.17) is 0 Å². The molecule has 3 nitrogen and oxygen atoms in total. The zero-order valence-corrected chi connectivity index (χ0v) is 16.6. The fraction of sp³-hybridized carbons (Fsp3) is 0.130. The monoisotopic (exact) mass is 418 g/mol. The van der Waals surface area contributed by atoms with Crippen molar-refractivity contribution in [3.63, 3.8) is 0 Å². The first kappa shape index (κ1) is 17.7. The summed E-state index contributed by atoms with van der Waals surface area (Å²) in [6.07, 6.45) is 3.72. The standard InChI is InChI=1S/C23H19BrN2O/c1-2-8-18(16-13-14-21(24)25-15-16)22-19-11-6-7-12-20(19)23(27)26(22)17-9-4-3-5-10-17/h3-7,9-15H,2,8H2,1H3/b22-18+. The van der Waals surface area contributed by atoms with Gasteiger partial charge in [-0.25, -0.2) is 4.98 Å². The maximum absolute atomic E-state index is 13.3. The Balaban J connectivity index is 2.00. The van der Waals surface area contributed by atoms with Crippen LogP contribution >= 0.6 is 15.9 Å². The van der Waals surface area contributed by atoms with Gasteiger partial charge in [0.2, 0.25) is 0 Å². The Morgan fingerprint density at radius 3 is 2.33 bits per heavy atom. The van der Waals surface area contributed by atoms with E-state index >= 15 is 0 Å². The molecule has 1 aliphatic rings. The van der Waals surface area contributed by atoms with Gasteiger partial charge in [0.15, 0.2) is 0 Å². The van der Waals surface area contributed by atoms with Crippen LogP contribution in [0.25, 0.3) is 11.3 Å². The van der Waals surface area contributed by atoms with Crippen LogP contribution in [0.1, 0.15) is 41.3 Å². The summed E-state index contributed by atoms with van der Waals surface area (Å²) >= 11 is 3.41. The summed E-state index contributed by atoms with van der Waals surface area (Å²) < 4.78 is 0.801. The van der Waals surface area contributed by atoms with Crippen molar-refractivity contribution < 1.29 is 4.79 Å². The van der Waals surface area contributed by atoms with Crippen molar-refractivity contribution in [1.82, 2.24) is 4.98 Å². The van der Waals surface area contributed by atoms with Gasteiger partial charge in [-0.15, -0.1) is 0 Å². The van der Waals surface area contributed by atoms with Gasteiger partial charge >= 0.3 is 0 Å². The number of fused-ring (bicyclic) bond motifs is 1. The van der Waals surface area contributed by atoms with E-state index < -0.39 is 0 Å². The van der Waals surface area contributed by atoms with Crippen molar-refractivity contribution in [3.8, 4) is 0 Å². The van der Waals surface area contributed by atoms with E-state index in [1.165, 1.54) is 0 Å². The van der Waals surface area contributed by atoms with Gasteiger partial charge in [-0.3, -0.25) is 9.69 Å². The van der Waals surface area contributed by atoms with Crippen molar-refractivity contribution in [1.29, 1.82) is 0 Å². The molecule has 1 aromatic heterocycles. The molecule has 2 heterocycles. The van der Waals surface area contributed by atoms with E-state index in [0.29, 0.717) is 0 Å². The molecule has 0 N–H and O–H groups in total. The molecule has 4 heteroatoms. The predicted octanol–water partition coefficient (Wildman–Crippen LogP) is 6.17. The van der Waals surface area contributed by atoms with Crippen LogP contribution in [0.15, 0.2) is 77.5 Å². The fourth-order valence-electron chi connectivity index (χ4n) is 3.54. The molecule has 0 aliphatic carbocycles. The first-order chi connectivity index (χ1) is 13.2. The Morgan fingerprint density at radius 1 is 0.963 bits per heavy atom. The summed E-state index contributed by atoms with van der Waals surface area (Å²) in [5.41, 5.74) is 5.76. The SMILES string of the molecule is CCC/C(=C1/c2ccccc2C(=O)N1c1ccccc1)c1ccc(Br)nc1. The molecule has 1 aliphatic heterocycles. The molecule has 0 atom stereocenters. The summed E-state index contributed by atoms with van der Waals surface area (Å²) in [6.45, 7) is 2.16. The number of para-hydroxylation sites is 1. The third kappa shape index (κ3) is 3.21. The van der Waals surface area contributed by atoms with E-state index in [0.717, 1.165) is 51.1 Å². The maximum atomic E-state index is 13.3. The molecule has 0 bridgehead atoms. The van der Waals surface area contributed by atoms with Crippen LogP contribution < -0.4 is 4.90 Å². The number of allylic oxidation sites excluding steroid dienone is 1. The number of amides is 1. The number of carbonyl (C=O) groups excluding carboxylic acids is 1. The lowest BCUT2D eigenvalue weighted by molar-refractivity contribution is 0.101. The van der Waals surface area contributed by atoms with E-state index in [2.05, 4.69) is 33.9 Å². The summed E-state index contributed by atoms with van der Waals surface area (Å²) in [4.78, 5) is 19.5. The van der Waals surface area contributed by atoms with Gasteiger partial charge in [0.25, 0.3) is 5.91 Å². The fourth-order valence-corrected chi connectivity index (χ4v) is 3.78. The normalized spacial score (nSPS) is 15.0. The average molecular weight is 419 g/mol. The Morgan fingerprint density at radius 2 is 1.67 bits per heavy atom. The number of hydrogen-bond acceptors (Lipinski definition) is 2. The molecule has 0 radical (unpaired) electrons. The first-order valence-corrected chi connectivity index (χ1v) is 9.84. The molecule has 1 amide bonds. The first-order valence-electron chi connectivity index (χ1n) is 9.04. The van der Waals surface area contributed by atoms with Crippen LogP contribution in [0.4, 0.5) is 5.69 Å². The molecule has 3 aromatic rings. The van der Waals surface area contributed by atoms with Crippen LogP contribution in [-0.2, 0) is 0 Å². The second-order valence-corrected chi connectivity index (χ2v) is 7.28. The molecule has 0 unspecified atom stereocenters. The molecule has 2 aromatic carbocycles. The molecule has 0 spiro atoms. The molecule has 134 valence electrons. The minimum atomic E-state index is 0.0190. The van der Waals surface area contributed by atoms with Crippen molar-refractivity contribution in [2.75, 3.05) is 4.90 Å². The molecular weight excluding hydrogens is 400 g/mol. The number of nitrogens with zero attached hydrogens (tertiary/aromatic N) is 2. The highest BCUT2D eigenvalue weighted by Gasteiger charge is 2.35. The lowest BCUT2D eigenvalue weighted by Crippen LogP contribution is -2.23. The van der Waals surface area contributed by atoms with Gasteiger partial charge < -0.3 is 0 Å². The second kappa shape index (κ2) is 7.49. The average Bonchev–Trinajstić information content (AvgIpc) is 3.00. The third-order valence-electron chi connectivity index (χ3n) is 4.72. The van der Waals surface area contributed by atoms with Gasteiger partial charge in [0.1, 0.15) is 4.60 Å². The smallest absolute Gasteiger partial charge is 0.263 e. The van der Waals surface area contributed by atoms with Crippen molar-refractivity contribution in [2.45, 2.75) is 19.8 Å². The van der Waals surface area contributed by atoms with Crippen LogP contribution in [0.2, 0.25) is 0 Å². The maximum Gasteiger partial charge on any atom is 0.263 e. The Kier molecular flexibility index (Phi) is 4.90. The van der Waals surface area contributed by atoms with Crippen LogP contribution in [-0.4, -0.2) is 10.9 Å². The highest BCUT2D eigenvalue weighted by molar-refractivity contribution is 9.10. The minimum absolute atomic E-state index is 0.0190. The van der Waals surface area contributed by atoms with Crippen molar-refractivity contribution in [3.05, 3.63) is 94.2 Å². The van der Waals surface area contributed by atoms with E-state index in [-0.39, 0.29) is 5.91 Å². The predicted molar refractivity (Wildman–Crippen MR) is 113 cm³/mol. The van der Waals surface area contributed by atoms with Crippen LogP contribution in [0.5, 0.6) is 0 Å². The van der Waals surface area contributed by atoms with Gasteiger partial charge in [-0.1, -0.05) is 55.8 Å². The van der Waals surface area contributed by atoms with Crippen LogP contribution in [0.3, 0.4) is 0 Å². The molecule has 4 rings (SSSR count). The van der Waals surface area contributed by atoms with E-state index in [9.17, 15) is 4.79 Å². The molecule has 0 saturated carbocycles. The van der Waals surface area contributed by atoms with Crippen molar-refractivity contribution >= 4 is 38.8 Å². The summed E-state index contributed by atoms with van der Waals surface area (Å²) in [6, 6.07) is 21.7. The van der Waals surface area contributed by atoms with Gasteiger partial charge in [-0.05, 0) is 57.8 Å². The number of halogens is 1. The third-order valence-corrected chi connectivity index (χ3v) is 5.18. The number of pyridine rings is 1. The lowest BCUT2D eigenvalue weighted by atomic mass is 9.96. The Bertz CT molecular complexity index is 1010. The number of rotatable bonds is 4. The second-order valence-electron chi connectivity index (χ2n) is 6.47. The minimum Gasteiger partial charge on any atom is -0.276 e. The number of anilines is 1. The number of aromatic nitrogens is 1. The summed E-state index contributed by atoms with van der Waals surface area (Å²) in [5, 5.41) is 0. The Hall–Kier alpha value is -2.72. The quantitative estimate of drug-likeness (QED) is 0.474. The highest BCUT2D eigenvalue weighted by atomic mass is 79.9. The van der Waals surface area contributed by atoms with E-state index in [1.54, 1.807) is 0 Å². The van der Waals surface area contributed by atoms with E-state index in [1.807, 2.05) is 71.8 Å².